The normalized spacial score (nSPS) is 20.5. The highest BCUT2D eigenvalue weighted by molar-refractivity contribution is 5.79. The number of nitrogens with one attached hydrogen (secondary N) is 1. The van der Waals surface area contributed by atoms with Crippen LogP contribution in [0.3, 0.4) is 0 Å². The summed E-state index contributed by atoms with van der Waals surface area (Å²) in [5.41, 5.74) is 5.65. The van der Waals surface area contributed by atoms with Crippen molar-refractivity contribution in [3.63, 3.8) is 0 Å². The zero-order chi connectivity index (χ0) is 12.0. The van der Waals surface area contributed by atoms with Gasteiger partial charge in [-0.2, -0.15) is 0 Å². The fourth-order valence-electron chi connectivity index (χ4n) is 2.41. The second kappa shape index (κ2) is 6.89. The molecule has 1 amide bonds. The van der Waals surface area contributed by atoms with E-state index < -0.39 is 0 Å². The molecule has 1 atom stereocenters. The predicted molar refractivity (Wildman–Crippen MR) is 67.0 cm³/mol. The van der Waals surface area contributed by atoms with Crippen LogP contribution >= 0.6 is 0 Å². The molecule has 1 aliphatic carbocycles. The third-order valence-corrected chi connectivity index (χ3v) is 3.60. The summed E-state index contributed by atoms with van der Waals surface area (Å²) in [7, 11) is 0. The van der Waals surface area contributed by atoms with Crippen LogP contribution in [0.25, 0.3) is 0 Å². The summed E-state index contributed by atoms with van der Waals surface area (Å²) in [6.45, 7) is 4.57. The van der Waals surface area contributed by atoms with Gasteiger partial charge in [-0.15, -0.1) is 0 Å². The van der Waals surface area contributed by atoms with Gasteiger partial charge in [-0.05, 0) is 18.8 Å². The highest BCUT2D eigenvalue weighted by Crippen LogP contribution is 2.18. The van der Waals surface area contributed by atoms with Crippen molar-refractivity contribution in [1.29, 1.82) is 0 Å². The molecular weight excluding hydrogens is 200 g/mol. The van der Waals surface area contributed by atoms with Crippen LogP contribution in [0.15, 0.2) is 0 Å². The topological polar surface area (TPSA) is 55.1 Å². The van der Waals surface area contributed by atoms with E-state index >= 15 is 0 Å². The molecule has 0 aromatic rings. The van der Waals surface area contributed by atoms with Crippen molar-refractivity contribution in [2.75, 3.05) is 6.54 Å². The molecule has 0 aromatic carbocycles. The number of rotatable bonds is 4. The maximum absolute atomic E-state index is 12.0. The molecule has 3 N–H and O–H groups in total. The van der Waals surface area contributed by atoms with E-state index in [1.165, 1.54) is 25.7 Å². The van der Waals surface area contributed by atoms with E-state index in [0.717, 1.165) is 12.8 Å². The minimum atomic E-state index is -0.0248. The summed E-state index contributed by atoms with van der Waals surface area (Å²) in [5.74, 6) is 0.462. The van der Waals surface area contributed by atoms with E-state index in [0.29, 0.717) is 18.5 Å². The fourth-order valence-corrected chi connectivity index (χ4v) is 2.41. The van der Waals surface area contributed by atoms with Crippen molar-refractivity contribution < 1.29 is 4.79 Å². The molecule has 0 heterocycles. The predicted octanol–water partition coefficient (Wildman–Crippen LogP) is 2.06. The van der Waals surface area contributed by atoms with Crippen molar-refractivity contribution in [1.82, 2.24) is 5.32 Å². The maximum atomic E-state index is 12.0. The average Bonchev–Trinajstić information content (AvgIpc) is 2.46. The third kappa shape index (κ3) is 4.12. The van der Waals surface area contributed by atoms with Gasteiger partial charge in [0.15, 0.2) is 0 Å². The number of carbonyl (C=O) groups is 1. The molecular formula is C13H26N2O. The number of nitrogens with two attached hydrogens (primary N) is 1. The van der Waals surface area contributed by atoms with Crippen LogP contribution in [0.5, 0.6) is 0 Å². The highest BCUT2D eigenvalue weighted by atomic mass is 16.2. The van der Waals surface area contributed by atoms with E-state index in [-0.39, 0.29) is 11.8 Å². The molecule has 3 nitrogen and oxygen atoms in total. The number of carbonyl (C=O) groups excluding carboxylic acids is 1. The van der Waals surface area contributed by atoms with Gasteiger partial charge in [-0.25, -0.2) is 0 Å². The van der Waals surface area contributed by atoms with Crippen LogP contribution in [0, 0.1) is 11.8 Å². The molecule has 0 saturated heterocycles. The Morgan fingerprint density at radius 3 is 2.25 bits per heavy atom. The minimum Gasteiger partial charge on any atom is -0.353 e. The molecule has 0 bridgehead atoms. The van der Waals surface area contributed by atoms with Crippen molar-refractivity contribution in [3.05, 3.63) is 0 Å². The van der Waals surface area contributed by atoms with Gasteiger partial charge in [0.05, 0.1) is 5.92 Å². The molecule has 0 aliphatic heterocycles. The first-order chi connectivity index (χ1) is 7.65. The Balaban J connectivity index is 2.41. The summed E-state index contributed by atoms with van der Waals surface area (Å²) in [5, 5.41) is 3.17. The van der Waals surface area contributed by atoms with Crippen LogP contribution < -0.4 is 11.1 Å². The largest absolute Gasteiger partial charge is 0.353 e. The molecule has 0 aromatic heterocycles. The van der Waals surface area contributed by atoms with E-state index in [1.807, 2.05) is 0 Å². The summed E-state index contributed by atoms with van der Waals surface area (Å²) >= 11 is 0. The minimum absolute atomic E-state index is 0.0248. The van der Waals surface area contributed by atoms with Gasteiger partial charge in [-0.3, -0.25) is 4.79 Å². The fraction of sp³-hybridized carbons (Fsp3) is 0.923. The first-order valence-electron chi connectivity index (χ1n) is 6.65. The van der Waals surface area contributed by atoms with Crippen LogP contribution in [0.4, 0.5) is 0 Å². The average molecular weight is 226 g/mol. The van der Waals surface area contributed by atoms with Crippen molar-refractivity contribution in [3.8, 4) is 0 Å². The Hall–Kier alpha value is -0.570. The van der Waals surface area contributed by atoms with Crippen LogP contribution in [-0.4, -0.2) is 18.5 Å². The highest BCUT2D eigenvalue weighted by Gasteiger charge is 2.23. The molecule has 1 aliphatic rings. The monoisotopic (exact) mass is 226 g/mol. The molecule has 0 radical (unpaired) electrons. The SMILES string of the molecule is CC(C)C(CN)C(=O)NC1CCCCCC1. The zero-order valence-corrected chi connectivity index (χ0v) is 10.7. The maximum Gasteiger partial charge on any atom is 0.224 e. The summed E-state index contributed by atoms with van der Waals surface area (Å²) in [6.07, 6.45) is 7.41. The second-order valence-electron chi connectivity index (χ2n) is 5.28. The summed E-state index contributed by atoms with van der Waals surface area (Å²) in [6, 6.07) is 0.391. The number of hydrogen-bond donors (Lipinski definition) is 2. The Kier molecular flexibility index (Phi) is 5.81. The lowest BCUT2D eigenvalue weighted by Gasteiger charge is -2.23. The number of hydrogen-bond acceptors (Lipinski definition) is 2. The van der Waals surface area contributed by atoms with Crippen molar-refractivity contribution >= 4 is 5.91 Å². The molecule has 1 saturated carbocycles. The molecule has 0 spiro atoms. The molecule has 3 heteroatoms. The Labute approximate surface area is 99.2 Å². The summed E-state index contributed by atoms with van der Waals surface area (Å²) in [4.78, 5) is 12.0. The van der Waals surface area contributed by atoms with Crippen LogP contribution in [-0.2, 0) is 4.79 Å². The number of amides is 1. The Morgan fingerprint density at radius 2 is 1.81 bits per heavy atom. The first kappa shape index (κ1) is 13.5. The van der Waals surface area contributed by atoms with Gasteiger partial charge in [0, 0.05) is 12.6 Å². The van der Waals surface area contributed by atoms with E-state index in [1.54, 1.807) is 0 Å². The lowest BCUT2D eigenvalue weighted by Crippen LogP contribution is -2.43. The lowest BCUT2D eigenvalue weighted by atomic mass is 9.94. The van der Waals surface area contributed by atoms with Crippen LogP contribution in [0.2, 0.25) is 0 Å². The quantitative estimate of drug-likeness (QED) is 0.721. The van der Waals surface area contributed by atoms with E-state index in [2.05, 4.69) is 19.2 Å². The smallest absolute Gasteiger partial charge is 0.224 e. The first-order valence-corrected chi connectivity index (χ1v) is 6.65. The van der Waals surface area contributed by atoms with E-state index in [4.69, 9.17) is 5.73 Å². The molecule has 16 heavy (non-hydrogen) atoms. The van der Waals surface area contributed by atoms with Gasteiger partial charge in [0.1, 0.15) is 0 Å². The van der Waals surface area contributed by atoms with Crippen molar-refractivity contribution in [2.45, 2.75) is 58.4 Å². The summed E-state index contributed by atoms with van der Waals surface area (Å²) < 4.78 is 0. The van der Waals surface area contributed by atoms with Gasteiger partial charge in [0.25, 0.3) is 0 Å². The van der Waals surface area contributed by atoms with Gasteiger partial charge < -0.3 is 11.1 Å². The van der Waals surface area contributed by atoms with Crippen molar-refractivity contribution in [2.24, 2.45) is 17.6 Å². The third-order valence-electron chi connectivity index (χ3n) is 3.60. The molecule has 94 valence electrons. The standard InChI is InChI=1S/C13H26N2O/c1-10(2)12(9-14)13(16)15-11-7-5-3-4-6-8-11/h10-12H,3-9,14H2,1-2H3,(H,15,16). The van der Waals surface area contributed by atoms with E-state index in [9.17, 15) is 4.79 Å². The molecule has 1 unspecified atom stereocenters. The molecule has 1 rings (SSSR count). The Morgan fingerprint density at radius 1 is 1.25 bits per heavy atom. The zero-order valence-electron chi connectivity index (χ0n) is 10.7. The van der Waals surface area contributed by atoms with Gasteiger partial charge >= 0.3 is 0 Å². The molecule has 1 fully saturated rings. The van der Waals surface area contributed by atoms with Crippen LogP contribution in [0.1, 0.15) is 52.4 Å². The van der Waals surface area contributed by atoms with Gasteiger partial charge in [-0.1, -0.05) is 39.5 Å². The Bertz CT molecular complexity index is 208. The lowest BCUT2D eigenvalue weighted by molar-refractivity contribution is -0.126. The second-order valence-corrected chi connectivity index (χ2v) is 5.28. The van der Waals surface area contributed by atoms with Gasteiger partial charge in [0.2, 0.25) is 5.91 Å².